The van der Waals surface area contributed by atoms with Crippen LogP contribution in [0.2, 0.25) is 0 Å². The second kappa shape index (κ2) is 4.83. The van der Waals surface area contributed by atoms with E-state index in [1.165, 1.54) is 55.8 Å². The monoisotopic (exact) mass is 314 g/mol. The number of allylic oxidation sites excluding steroid dienone is 4. The van der Waals surface area contributed by atoms with Gasteiger partial charge in [0.1, 0.15) is 0 Å². The average molecular weight is 314 g/mol. The van der Waals surface area contributed by atoms with Crippen molar-refractivity contribution in [1.29, 1.82) is 0 Å². The quantitative estimate of drug-likeness (QED) is 0.447. The minimum absolute atomic E-state index is 0.0446. The molecule has 4 bridgehead atoms. The van der Waals surface area contributed by atoms with E-state index < -0.39 is 0 Å². The van der Waals surface area contributed by atoms with E-state index in [1.54, 1.807) is 0 Å². The average Bonchev–Trinajstić information content (AvgIpc) is 3.27. The molecule has 23 heavy (non-hydrogen) atoms. The summed E-state index contributed by atoms with van der Waals surface area (Å²) in [5.74, 6) is 0.307. The molecule has 0 saturated heterocycles. The number of esters is 2. The van der Waals surface area contributed by atoms with Crippen molar-refractivity contribution in [1.82, 2.24) is 0 Å². The van der Waals surface area contributed by atoms with Crippen LogP contribution < -0.4 is 0 Å². The highest BCUT2D eigenvalue weighted by Crippen LogP contribution is 2.67. The summed E-state index contributed by atoms with van der Waals surface area (Å²) in [7, 11) is 2.77. The summed E-state index contributed by atoms with van der Waals surface area (Å²) in [5.41, 5.74) is 6.35. The maximum absolute atomic E-state index is 12.5. The summed E-state index contributed by atoms with van der Waals surface area (Å²) < 4.78 is 10.0. The predicted octanol–water partition coefficient (Wildman–Crippen LogP) is 2.95. The van der Waals surface area contributed by atoms with E-state index in [0.717, 1.165) is 0 Å². The molecule has 0 N–H and O–H groups in total. The number of hydrogen-bond acceptors (Lipinski definition) is 4. The largest absolute Gasteiger partial charge is 0.466 e. The fourth-order valence-electron chi connectivity index (χ4n) is 5.51. The molecule has 0 unspecified atom stereocenters. The van der Waals surface area contributed by atoms with Crippen LogP contribution in [0.4, 0.5) is 0 Å². The number of carbonyl (C=O) groups excluding carboxylic acids is 2. The lowest BCUT2D eigenvalue weighted by Gasteiger charge is -2.25. The normalized spacial score (nSPS) is 33.5. The second-order valence-electron chi connectivity index (χ2n) is 7.25. The minimum Gasteiger partial charge on any atom is -0.466 e. The van der Waals surface area contributed by atoms with Gasteiger partial charge in [-0.25, -0.2) is 9.59 Å². The Morgan fingerprint density at radius 3 is 1.65 bits per heavy atom. The van der Waals surface area contributed by atoms with E-state index in [2.05, 4.69) is 13.8 Å². The van der Waals surface area contributed by atoms with Gasteiger partial charge in [-0.05, 0) is 50.5 Å². The van der Waals surface area contributed by atoms with Crippen molar-refractivity contribution in [2.75, 3.05) is 14.2 Å². The molecule has 4 nitrogen and oxygen atoms in total. The van der Waals surface area contributed by atoms with E-state index in [-0.39, 0.29) is 23.8 Å². The first-order valence-corrected chi connectivity index (χ1v) is 8.33. The Kier molecular flexibility index (Phi) is 3.09. The lowest BCUT2D eigenvalue weighted by molar-refractivity contribution is -0.139. The second-order valence-corrected chi connectivity index (χ2v) is 7.25. The standard InChI is InChI=1S/C19H22O4/c1-8(2)11-14-12-9-5-6-10(7-9)13(12)15(11)17(19(21)23-4)16(14)18(20)22-3/h9-10,14-15H,5-7H2,1-4H3/t9-,10-,14+,15+/m0/s1. The molecule has 0 heterocycles. The van der Waals surface area contributed by atoms with Crippen molar-refractivity contribution >= 4 is 11.9 Å². The van der Waals surface area contributed by atoms with E-state index in [0.29, 0.717) is 23.0 Å². The zero-order valence-corrected chi connectivity index (χ0v) is 14.1. The molecule has 0 aliphatic heterocycles. The van der Waals surface area contributed by atoms with E-state index in [1.807, 2.05) is 0 Å². The first-order valence-electron chi connectivity index (χ1n) is 8.33. The van der Waals surface area contributed by atoms with Gasteiger partial charge in [-0.15, -0.1) is 0 Å². The van der Waals surface area contributed by atoms with E-state index >= 15 is 0 Å². The number of hydrogen-bond donors (Lipinski definition) is 0. The zero-order chi connectivity index (χ0) is 16.5. The van der Waals surface area contributed by atoms with Crippen molar-refractivity contribution in [2.24, 2.45) is 23.7 Å². The van der Waals surface area contributed by atoms with Gasteiger partial charge in [0.25, 0.3) is 0 Å². The summed E-state index contributed by atoms with van der Waals surface area (Å²) in [6.07, 6.45) is 3.62. The van der Waals surface area contributed by atoms with Crippen LogP contribution in [-0.2, 0) is 19.1 Å². The predicted molar refractivity (Wildman–Crippen MR) is 84.3 cm³/mol. The third kappa shape index (κ3) is 1.67. The Morgan fingerprint density at radius 2 is 1.30 bits per heavy atom. The molecule has 0 aromatic rings. The Morgan fingerprint density at radius 1 is 0.870 bits per heavy atom. The van der Waals surface area contributed by atoms with E-state index in [4.69, 9.17) is 9.47 Å². The third-order valence-corrected chi connectivity index (χ3v) is 6.15. The molecule has 4 aliphatic carbocycles. The number of rotatable bonds is 2. The van der Waals surface area contributed by atoms with Gasteiger partial charge >= 0.3 is 11.9 Å². The van der Waals surface area contributed by atoms with Gasteiger partial charge < -0.3 is 9.47 Å². The van der Waals surface area contributed by atoms with Gasteiger partial charge in [-0.3, -0.25) is 0 Å². The summed E-state index contributed by atoms with van der Waals surface area (Å²) in [6.45, 7) is 4.16. The highest BCUT2D eigenvalue weighted by atomic mass is 16.5. The molecule has 4 aliphatic rings. The SMILES string of the molecule is COC(=O)C1=C(C(=O)OC)[C@H]2C3=C([C@H]4CC[C@H]3C4)[C@H]1C2=C(C)C. The number of ether oxygens (including phenoxy) is 2. The Hall–Kier alpha value is -1.84. The Labute approximate surface area is 136 Å². The maximum atomic E-state index is 12.5. The van der Waals surface area contributed by atoms with Crippen molar-refractivity contribution < 1.29 is 19.1 Å². The van der Waals surface area contributed by atoms with Crippen LogP contribution in [0.25, 0.3) is 0 Å². The molecule has 0 amide bonds. The molecule has 0 radical (unpaired) electrons. The first-order chi connectivity index (χ1) is 11.0. The van der Waals surface area contributed by atoms with Crippen LogP contribution in [0.1, 0.15) is 33.1 Å². The van der Waals surface area contributed by atoms with Crippen molar-refractivity contribution in [3.05, 3.63) is 33.4 Å². The summed E-state index contributed by atoms with van der Waals surface area (Å²) >= 11 is 0. The number of fused-ring (bicyclic) bond motifs is 8. The third-order valence-electron chi connectivity index (χ3n) is 6.15. The zero-order valence-electron chi connectivity index (χ0n) is 14.1. The summed E-state index contributed by atoms with van der Waals surface area (Å²) in [5, 5.41) is 0. The fourth-order valence-corrected chi connectivity index (χ4v) is 5.51. The van der Waals surface area contributed by atoms with Crippen LogP contribution in [0, 0.1) is 23.7 Å². The van der Waals surface area contributed by atoms with Gasteiger partial charge in [-0.1, -0.05) is 16.7 Å². The highest BCUT2D eigenvalue weighted by Gasteiger charge is 2.60. The topological polar surface area (TPSA) is 52.6 Å². The Balaban J connectivity index is 1.94. The molecule has 0 aromatic heterocycles. The molecule has 4 rings (SSSR count). The molecule has 4 heteroatoms. The Bertz CT molecular complexity index is 666. The molecular formula is C19H22O4. The van der Waals surface area contributed by atoms with E-state index in [9.17, 15) is 9.59 Å². The smallest absolute Gasteiger partial charge is 0.335 e. The maximum Gasteiger partial charge on any atom is 0.335 e. The van der Waals surface area contributed by atoms with Crippen LogP contribution in [0.5, 0.6) is 0 Å². The van der Waals surface area contributed by atoms with Gasteiger partial charge in [0.2, 0.25) is 0 Å². The molecule has 0 aromatic carbocycles. The molecule has 122 valence electrons. The lowest BCUT2D eigenvalue weighted by atomic mass is 9.79. The molecule has 4 atom stereocenters. The molecule has 0 spiro atoms. The summed E-state index contributed by atoms with van der Waals surface area (Å²) in [4.78, 5) is 24.9. The van der Waals surface area contributed by atoms with Gasteiger partial charge in [-0.2, -0.15) is 0 Å². The lowest BCUT2D eigenvalue weighted by Crippen LogP contribution is -2.24. The van der Waals surface area contributed by atoms with Crippen molar-refractivity contribution in [3.8, 4) is 0 Å². The first kappa shape index (κ1) is 14.7. The molecular weight excluding hydrogens is 292 g/mol. The van der Waals surface area contributed by atoms with Crippen LogP contribution in [0.3, 0.4) is 0 Å². The molecule has 1 fully saturated rings. The van der Waals surface area contributed by atoms with Crippen molar-refractivity contribution in [2.45, 2.75) is 33.1 Å². The number of methoxy groups -OCH3 is 2. The van der Waals surface area contributed by atoms with Crippen LogP contribution >= 0.6 is 0 Å². The minimum atomic E-state index is -0.383. The van der Waals surface area contributed by atoms with Crippen LogP contribution in [0.15, 0.2) is 33.4 Å². The summed E-state index contributed by atoms with van der Waals surface area (Å²) in [6, 6.07) is 0. The van der Waals surface area contributed by atoms with Crippen LogP contribution in [-0.4, -0.2) is 26.2 Å². The van der Waals surface area contributed by atoms with Gasteiger partial charge in [0, 0.05) is 11.8 Å². The number of carbonyl (C=O) groups is 2. The van der Waals surface area contributed by atoms with Gasteiger partial charge in [0.15, 0.2) is 0 Å². The fraction of sp³-hybridized carbons (Fsp3) is 0.579. The molecule has 1 saturated carbocycles. The van der Waals surface area contributed by atoms with Gasteiger partial charge in [0.05, 0.1) is 25.4 Å². The van der Waals surface area contributed by atoms with Crippen molar-refractivity contribution in [3.63, 3.8) is 0 Å². The highest BCUT2D eigenvalue weighted by molar-refractivity contribution is 6.06.